The van der Waals surface area contributed by atoms with E-state index in [1.54, 1.807) is 30.7 Å². The van der Waals surface area contributed by atoms with Crippen LogP contribution in [0.5, 0.6) is 17.5 Å². The summed E-state index contributed by atoms with van der Waals surface area (Å²) in [6.45, 7) is 6.67. The molecule has 0 radical (unpaired) electrons. The highest BCUT2D eigenvalue weighted by Crippen LogP contribution is 2.23. The molecule has 7 nitrogen and oxygen atoms in total. The van der Waals surface area contributed by atoms with Crippen molar-refractivity contribution in [2.24, 2.45) is 5.92 Å². The van der Waals surface area contributed by atoms with Gasteiger partial charge < -0.3 is 9.47 Å². The second-order valence-corrected chi connectivity index (χ2v) is 5.31. The van der Waals surface area contributed by atoms with Crippen LogP contribution in [0.25, 0.3) is 5.65 Å². The van der Waals surface area contributed by atoms with E-state index in [4.69, 9.17) is 9.47 Å². The second kappa shape index (κ2) is 5.97. The van der Waals surface area contributed by atoms with Gasteiger partial charge in [0.05, 0.1) is 12.8 Å². The quantitative estimate of drug-likeness (QED) is 0.721. The van der Waals surface area contributed by atoms with Crippen LogP contribution in [0.4, 0.5) is 0 Å². The van der Waals surface area contributed by atoms with Gasteiger partial charge in [-0.2, -0.15) is 0 Å². The molecule has 0 bridgehead atoms. The number of hydrogen-bond donors (Lipinski definition) is 0. The van der Waals surface area contributed by atoms with Crippen LogP contribution >= 0.6 is 0 Å². The fourth-order valence-electron chi connectivity index (χ4n) is 1.87. The van der Waals surface area contributed by atoms with Crippen LogP contribution in [-0.4, -0.2) is 31.2 Å². The summed E-state index contributed by atoms with van der Waals surface area (Å²) in [5, 5.41) is 8.07. The smallest absolute Gasteiger partial charge is 0.265 e. The van der Waals surface area contributed by atoms with Gasteiger partial charge in [-0.1, -0.05) is 13.8 Å². The zero-order valence-corrected chi connectivity index (χ0v) is 12.7. The fraction of sp³-hybridized carbons (Fsp3) is 0.333. The molecule has 0 aliphatic heterocycles. The van der Waals surface area contributed by atoms with E-state index >= 15 is 0 Å². The molecule has 0 amide bonds. The first kappa shape index (κ1) is 14.2. The number of rotatable bonds is 5. The van der Waals surface area contributed by atoms with E-state index in [2.05, 4.69) is 34.0 Å². The third-order valence-corrected chi connectivity index (χ3v) is 2.95. The first-order chi connectivity index (χ1) is 10.6. The van der Waals surface area contributed by atoms with E-state index in [0.29, 0.717) is 35.7 Å². The molecule has 0 aromatic carbocycles. The summed E-state index contributed by atoms with van der Waals surface area (Å²) < 4.78 is 13.1. The minimum absolute atomic E-state index is 0.390. The van der Waals surface area contributed by atoms with Crippen molar-refractivity contribution >= 4 is 5.65 Å². The van der Waals surface area contributed by atoms with Crippen molar-refractivity contribution in [3.8, 4) is 17.5 Å². The number of aromatic nitrogens is 5. The Labute approximate surface area is 128 Å². The van der Waals surface area contributed by atoms with Crippen molar-refractivity contribution in [3.63, 3.8) is 0 Å². The number of aryl methyl sites for hydroxylation is 1. The molecule has 0 aliphatic rings. The maximum absolute atomic E-state index is 5.73. The molecule has 0 aliphatic carbocycles. The average molecular weight is 299 g/mol. The SMILES string of the molecule is Cc1nnc2c(Oc3ccc(OCC(C)C)nc3)nccn12. The molecule has 0 atom stereocenters. The lowest BCUT2D eigenvalue weighted by atomic mass is 10.2. The van der Waals surface area contributed by atoms with Crippen molar-refractivity contribution in [1.82, 2.24) is 24.6 Å². The van der Waals surface area contributed by atoms with E-state index in [1.165, 1.54) is 0 Å². The Morgan fingerprint density at radius 2 is 2.05 bits per heavy atom. The summed E-state index contributed by atoms with van der Waals surface area (Å²) in [4.78, 5) is 8.41. The highest BCUT2D eigenvalue weighted by molar-refractivity contribution is 5.50. The lowest BCUT2D eigenvalue weighted by Crippen LogP contribution is -2.05. The molecule has 0 fully saturated rings. The first-order valence-electron chi connectivity index (χ1n) is 7.06. The van der Waals surface area contributed by atoms with Gasteiger partial charge >= 0.3 is 0 Å². The van der Waals surface area contributed by atoms with Crippen molar-refractivity contribution < 1.29 is 9.47 Å². The maximum Gasteiger partial charge on any atom is 0.265 e. The van der Waals surface area contributed by atoms with Crippen molar-refractivity contribution in [2.45, 2.75) is 20.8 Å². The number of fused-ring (bicyclic) bond motifs is 1. The molecule has 3 aromatic rings. The molecular formula is C15H17N5O2. The molecule has 0 spiro atoms. The molecule has 0 saturated carbocycles. The second-order valence-electron chi connectivity index (χ2n) is 5.31. The van der Waals surface area contributed by atoms with Gasteiger partial charge in [0, 0.05) is 18.5 Å². The summed E-state index contributed by atoms with van der Waals surface area (Å²) in [6.07, 6.45) is 5.04. The minimum atomic E-state index is 0.390. The Morgan fingerprint density at radius 1 is 1.18 bits per heavy atom. The number of nitrogens with zero attached hydrogens (tertiary/aromatic N) is 5. The monoisotopic (exact) mass is 299 g/mol. The Kier molecular flexibility index (Phi) is 3.86. The number of pyridine rings is 1. The first-order valence-corrected chi connectivity index (χ1v) is 7.06. The molecule has 3 aromatic heterocycles. The van der Waals surface area contributed by atoms with Gasteiger partial charge in [-0.15, -0.1) is 10.2 Å². The van der Waals surface area contributed by atoms with Gasteiger partial charge in [-0.25, -0.2) is 9.97 Å². The molecule has 114 valence electrons. The van der Waals surface area contributed by atoms with Gasteiger partial charge in [0.2, 0.25) is 11.5 Å². The molecule has 0 unspecified atom stereocenters. The Hall–Kier alpha value is -2.70. The third kappa shape index (κ3) is 2.98. The highest BCUT2D eigenvalue weighted by Gasteiger charge is 2.10. The lowest BCUT2D eigenvalue weighted by Gasteiger charge is -2.08. The van der Waals surface area contributed by atoms with E-state index in [0.717, 1.165) is 5.82 Å². The predicted octanol–water partition coefficient (Wildman–Crippen LogP) is 2.65. The van der Waals surface area contributed by atoms with Crippen LogP contribution in [-0.2, 0) is 0 Å². The van der Waals surface area contributed by atoms with Crippen molar-refractivity contribution in [2.75, 3.05) is 6.61 Å². The number of hydrogen-bond acceptors (Lipinski definition) is 6. The van der Waals surface area contributed by atoms with Gasteiger partial charge in [-0.05, 0) is 18.9 Å². The summed E-state index contributed by atoms with van der Waals surface area (Å²) in [6, 6.07) is 3.56. The zero-order chi connectivity index (χ0) is 15.5. The van der Waals surface area contributed by atoms with Crippen molar-refractivity contribution in [1.29, 1.82) is 0 Å². The molecule has 0 saturated heterocycles. The molecule has 22 heavy (non-hydrogen) atoms. The molecule has 7 heteroatoms. The highest BCUT2D eigenvalue weighted by atomic mass is 16.5. The summed E-state index contributed by atoms with van der Waals surface area (Å²) >= 11 is 0. The molecule has 3 heterocycles. The van der Waals surface area contributed by atoms with Crippen LogP contribution in [0.15, 0.2) is 30.7 Å². The Balaban J connectivity index is 1.77. The van der Waals surface area contributed by atoms with Crippen LogP contribution in [0.1, 0.15) is 19.7 Å². The van der Waals surface area contributed by atoms with Gasteiger partial charge in [0.25, 0.3) is 5.88 Å². The normalized spacial score (nSPS) is 11.1. The average Bonchev–Trinajstić information content (AvgIpc) is 2.89. The Morgan fingerprint density at radius 3 is 2.77 bits per heavy atom. The summed E-state index contributed by atoms with van der Waals surface area (Å²) in [5.41, 5.74) is 0.570. The van der Waals surface area contributed by atoms with E-state index in [9.17, 15) is 0 Å². The van der Waals surface area contributed by atoms with Gasteiger partial charge in [-0.3, -0.25) is 4.40 Å². The zero-order valence-electron chi connectivity index (χ0n) is 12.7. The summed E-state index contributed by atoms with van der Waals surface area (Å²) in [7, 11) is 0. The van der Waals surface area contributed by atoms with E-state index in [1.807, 2.05) is 11.3 Å². The lowest BCUT2D eigenvalue weighted by molar-refractivity contribution is 0.261. The predicted molar refractivity (Wildman–Crippen MR) is 80.2 cm³/mol. The number of ether oxygens (including phenoxy) is 2. The van der Waals surface area contributed by atoms with Crippen LogP contribution in [0.3, 0.4) is 0 Å². The summed E-state index contributed by atoms with van der Waals surface area (Å²) in [5.74, 6) is 2.76. The molecular weight excluding hydrogens is 282 g/mol. The minimum Gasteiger partial charge on any atom is -0.477 e. The van der Waals surface area contributed by atoms with Crippen LogP contribution < -0.4 is 9.47 Å². The Bertz CT molecular complexity index is 767. The third-order valence-electron chi connectivity index (χ3n) is 2.95. The van der Waals surface area contributed by atoms with Crippen LogP contribution in [0, 0.1) is 12.8 Å². The van der Waals surface area contributed by atoms with Gasteiger partial charge in [0.1, 0.15) is 11.6 Å². The fourth-order valence-corrected chi connectivity index (χ4v) is 1.87. The van der Waals surface area contributed by atoms with Gasteiger partial charge in [0.15, 0.2) is 0 Å². The largest absolute Gasteiger partial charge is 0.477 e. The molecule has 3 rings (SSSR count). The molecule has 0 N–H and O–H groups in total. The standard InChI is InChI=1S/C15H17N5O2/c1-10(2)9-21-13-5-4-12(8-17-13)22-15-14-19-18-11(3)20(14)7-6-16-15/h4-8,10H,9H2,1-3H3. The van der Waals surface area contributed by atoms with Crippen molar-refractivity contribution in [3.05, 3.63) is 36.5 Å². The van der Waals surface area contributed by atoms with E-state index in [-0.39, 0.29) is 0 Å². The maximum atomic E-state index is 5.73. The van der Waals surface area contributed by atoms with Crippen LogP contribution in [0.2, 0.25) is 0 Å². The topological polar surface area (TPSA) is 74.4 Å². The van der Waals surface area contributed by atoms with E-state index < -0.39 is 0 Å².